The van der Waals surface area contributed by atoms with Crippen molar-refractivity contribution in [2.75, 3.05) is 45.8 Å². The summed E-state index contributed by atoms with van der Waals surface area (Å²) < 4.78 is 0. The lowest BCUT2D eigenvalue weighted by atomic mass is 9.99. The van der Waals surface area contributed by atoms with Crippen molar-refractivity contribution >= 4 is 0 Å². The monoisotopic (exact) mass is 255 g/mol. The van der Waals surface area contributed by atoms with E-state index in [9.17, 15) is 5.11 Å². The van der Waals surface area contributed by atoms with E-state index in [4.69, 9.17) is 0 Å². The molecule has 2 N–H and O–H groups in total. The summed E-state index contributed by atoms with van der Waals surface area (Å²) in [7, 11) is 0. The summed E-state index contributed by atoms with van der Waals surface area (Å²) >= 11 is 0. The lowest BCUT2D eigenvalue weighted by Gasteiger charge is -2.37. The number of rotatable bonds is 5. The molecule has 0 aromatic heterocycles. The number of hydrogen-bond acceptors (Lipinski definition) is 4. The maximum Gasteiger partial charge on any atom is 0.0793 e. The highest BCUT2D eigenvalue weighted by molar-refractivity contribution is 4.80. The van der Waals surface area contributed by atoms with Gasteiger partial charge in [0.25, 0.3) is 0 Å². The number of piperidine rings is 1. The lowest BCUT2D eigenvalue weighted by Crippen LogP contribution is -2.50. The van der Waals surface area contributed by atoms with Gasteiger partial charge in [0.05, 0.1) is 6.10 Å². The number of hydrogen-bond donors (Lipinski definition) is 2. The van der Waals surface area contributed by atoms with Gasteiger partial charge in [-0.25, -0.2) is 0 Å². The van der Waals surface area contributed by atoms with Gasteiger partial charge in [0.15, 0.2) is 0 Å². The number of piperazine rings is 1. The smallest absolute Gasteiger partial charge is 0.0793 e. The van der Waals surface area contributed by atoms with Gasteiger partial charge in [0.1, 0.15) is 0 Å². The number of β-amino-alcohol motifs (C(OH)–C–C–N with tert-alkyl or cyclic N) is 1. The van der Waals surface area contributed by atoms with Crippen LogP contribution in [0.25, 0.3) is 0 Å². The molecule has 2 rings (SSSR count). The fourth-order valence-electron chi connectivity index (χ4n) is 3.28. The standard InChI is InChI=1S/C14H29N3O/c1-2-13-5-3-4-8-17(13)12-14(18)11-16-9-6-15-7-10-16/h13-15,18H,2-12H2,1H3. The van der Waals surface area contributed by atoms with Crippen LogP contribution in [-0.4, -0.2) is 72.9 Å². The van der Waals surface area contributed by atoms with Gasteiger partial charge in [-0.3, -0.25) is 9.80 Å². The van der Waals surface area contributed by atoms with E-state index >= 15 is 0 Å². The number of likely N-dealkylation sites (tertiary alicyclic amines) is 1. The van der Waals surface area contributed by atoms with E-state index in [0.29, 0.717) is 6.04 Å². The second kappa shape index (κ2) is 7.43. The third kappa shape index (κ3) is 4.19. The highest BCUT2D eigenvalue weighted by Gasteiger charge is 2.24. The molecule has 2 atom stereocenters. The molecule has 0 bridgehead atoms. The topological polar surface area (TPSA) is 38.7 Å². The van der Waals surface area contributed by atoms with Crippen LogP contribution in [0.4, 0.5) is 0 Å². The molecular weight excluding hydrogens is 226 g/mol. The van der Waals surface area contributed by atoms with Crippen molar-refractivity contribution in [3.8, 4) is 0 Å². The molecule has 0 spiro atoms. The molecule has 0 aliphatic carbocycles. The SMILES string of the molecule is CCC1CCCCN1CC(O)CN1CCNCC1. The second-order valence-corrected chi connectivity index (χ2v) is 5.76. The highest BCUT2D eigenvalue weighted by Crippen LogP contribution is 2.19. The number of nitrogens with one attached hydrogen (secondary N) is 1. The summed E-state index contributed by atoms with van der Waals surface area (Å²) in [5.74, 6) is 0. The normalized spacial score (nSPS) is 29.3. The van der Waals surface area contributed by atoms with E-state index in [2.05, 4.69) is 22.0 Å². The molecule has 0 saturated carbocycles. The number of aliphatic hydroxyl groups excluding tert-OH is 1. The molecular formula is C14H29N3O. The molecule has 0 aromatic rings. The lowest BCUT2D eigenvalue weighted by molar-refractivity contribution is 0.0408. The Hall–Kier alpha value is -0.160. The average molecular weight is 255 g/mol. The summed E-state index contributed by atoms with van der Waals surface area (Å²) in [4.78, 5) is 4.89. The van der Waals surface area contributed by atoms with E-state index in [1.807, 2.05) is 0 Å². The van der Waals surface area contributed by atoms with Gasteiger partial charge in [-0.2, -0.15) is 0 Å². The Labute approximate surface area is 111 Å². The van der Waals surface area contributed by atoms with Crippen LogP contribution in [0.3, 0.4) is 0 Å². The highest BCUT2D eigenvalue weighted by atomic mass is 16.3. The van der Waals surface area contributed by atoms with Crippen LogP contribution in [0.15, 0.2) is 0 Å². The summed E-state index contributed by atoms with van der Waals surface area (Å²) in [6, 6.07) is 0.705. The van der Waals surface area contributed by atoms with Gasteiger partial charge in [-0.1, -0.05) is 13.3 Å². The third-order valence-corrected chi connectivity index (χ3v) is 4.34. The minimum Gasteiger partial charge on any atom is -0.390 e. The molecule has 0 amide bonds. The fraction of sp³-hybridized carbons (Fsp3) is 1.00. The minimum atomic E-state index is -0.185. The van der Waals surface area contributed by atoms with Crippen molar-refractivity contribution in [2.45, 2.75) is 44.8 Å². The predicted octanol–water partition coefficient (Wildman–Crippen LogP) is 0.517. The molecule has 2 heterocycles. The van der Waals surface area contributed by atoms with Gasteiger partial charge < -0.3 is 10.4 Å². The minimum absolute atomic E-state index is 0.185. The Morgan fingerprint density at radius 1 is 1.17 bits per heavy atom. The molecule has 2 aliphatic rings. The Balaban J connectivity index is 1.73. The summed E-state index contributed by atoms with van der Waals surface area (Å²) in [6.07, 6.45) is 5.02. The van der Waals surface area contributed by atoms with E-state index < -0.39 is 0 Å². The number of nitrogens with zero attached hydrogens (tertiary/aromatic N) is 2. The molecule has 2 aliphatic heterocycles. The maximum absolute atomic E-state index is 10.3. The van der Waals surface area contributed by atoms with E-state index in [1.165, 1.54) is 32.2 Å². The summed E-state index contributed by atoms with van der Waals surface area (Å²) in [6.45, 7) is 9.43. The molecule has 2 unspecified atom stereocenters. The van der Waals surface area contributed by atoms with E-state index in [0.717, 1.165) is 39.3 Å². The fourth-order valence-corrected chi connectivity index (χ4v) is 3.28. The summed E-state index contributed by atoms with van der Waals surface area (Å²) in [5.41, 5.74) is 0. The molecule has 0 aromatic carbocycles. The molecule has 4 heteroatoms. The average Bonchev–Trinajstić information content (AvgIpc) is 2.40. The first-order valence-electron chi connectivity index (χ1n) is 7.64. The van der Waals surface area contributed by atoms with Crippen LogP contribution in [0.2, 0.25) is 0 Å². The predicted molar refractivity (Wildman–Crippen MR) is 74.8 cm³/mol. The van der Waals surface area contributed by atoms with Crippen LogP contribution < -0.4 is 5.32 Å². The number of aliphatic hydroxyl groups is 1. The molecule has 4 nitrogen and oxygen atoms in total. The zero-order valence-electron chi connectivity index (χ0n) is 11.8. The van der Waals surface area contributed by atoms with Crippen LogP contribution >= 0.6 is 0 Å². The quantitative estimate of drug-likeness (QED) is 0.751. The Morgan fingerprint density at radius 2 is 1.94 bits per heavy atom. The van der Waals surface area contributed by atoms with Gasteiger partial charge in [0, 0.05) is 45.3 Å². The third-order valence-electron chi connectivity index (χ3n) is 4.34. The molecule has 0 radical (unpaired) electrons. The Morgan fingerprint density at radius 3 is 2.67 bits per heavy atom. The van der Waals surface area contributed by atoms with E-state index in [-0.39, 0.29) is 6.10 Å². The van der Waals surface area contributed by atoms with Gasteiger partial charge in [0.2, 0.25) is 0 Å². The first kappa shape index (κ1) is 14.3. The van der Waals surface area contributed by atoms with Crippen molar-refractivity contribution in [2.24, 2.45) is 0 Å². The van der Waals surface area contributed by atoms with Crippen LogP contribution in [0.1, 0.15) is 32.6 Å². The van der Waals surface area contributed by atoms with Crippen molar-refractivity contribution < 1.29 is 5.11 Å². The zero-order chi connectivity index (χ0) is 12.8. The zero-order valence-corrected chi connectivity index (χ0v) is 11.8. The van der Waals surface area contributed by atoms with Crippen molar-refractivity contribution in [3.05, 3.63) is 0 Å². The van der Waals surface area contributed by atoms with Crippen molar-refractivity contribution in [3.63, 3.8) is 0 Å². The van der Waals surface area contributed by atoms with Crippen LogP contribution in [-0.2, 0) is 0 Å². The molecule has 106 valence electrons. The van der Waals surface area contributed by atoms with Gasteiger partial charge in [-0.15, -0.1) is 0 Å². The van der Waals surface area contributed by atoms with Gasteiger partial charge in [-0.05, 0) is 25.8 Å². The largest absolute Gasteiger partial charge is 0.390 e. The Bertz CT molecular complexity index is 231. The summed E-state index contributed by atoms with van der Waals surface area (Å²) in [5, 5.41) is 13.6. The first-order valence-corrected chi connectivity index (χ1v) is 7.64. The second-order valence-electron chi connectivity index (χ2n) is 5.76. The maximum atomic E-state index is 10.3. The molecule has 2 fully saturated rings. The van der Waals surface area contributed by atoms with Crippen LogP contribution in [0, 0.1) is 0 Å². The van der Waals surface area contributed by atoms with Crippen molar-refractivity contribution in [1.29, 1.82) is 0 Å². The van der Waals surface area contributed by atoms with Crippen LogP contribution in [0.5, 0.6) is 0 Å². The Kier molecular flexibility index (Phi) is 5.89. The molecule has 18 heavy (non-hydrogen) atoms. The van der Waals surface area contributed by atoms with E-state index in [1.54, 1.807) is 0 Å². The first-order chi connectivity index (χ1) is 8.79. The van der Waals surface area contributed by atoms with Crippen molar-refractivity contribution in [1.82, 2.24) is 15.1 Å². The molecule has 2 saturated heterocycles. The van der Waals surface area contributed by atoms with Gasteiger partial charge >= 0.3 is 0 Å².